The topological polar surface area (TPSA) is 38.0 Å². The molecule has 0 atom stereocenters. The molecule has 0 amide bonds. The largest absolute Gasteiger partial charge is 0.324 e. The van der Waals surface area contributed by atoms with Gasteiger partial charge in [0, 0.05) is 5.69 Å². The summed E-state index contributed by atoms with van der Waals surface area (Å²) >= 11 is 0. The van der Waals surface area contributed by atoms with Crippen LogP contribution in [0.25, 0.3) is 11.1 Å². The minimum atomic E-state index is -0.230. The van der Waals surface area contributed by atoms with Crippen molar-refractivity contribution in [3.8, 4) is 11.1 Å². The number of hydrogen-bond donors (Lipinski definition) is 2. The first-order valence-corrected chi connectivity index (χ1v) is 4.62. The highest BCUT2D eigenvalue weighted by Gasteiger charge is 1.98. The summed E-state index contributed by atoms with van der Waals surface area (Å²) in [4.78, 5) is 0. The Bertz CT molecular complexity index is 457. The van der Waals surface area contributed by atoms with E-state index in [1.807, 2.05) is 24.3 Å². The average Bonchev–Trinajstić information content (AvgIpc) is 2.30. The van der Waals surface area contributed by atoms with E-state index in [4.69, 9.17) is 5.84 Å². The molecule has 2 nitrogen and oxygen atoms in total. The molecule has 0 saturated heterocycles. The molecule has 0 fully saturated rings. The van der Waals surface area contributed by atoms with Crippen LogP contribution in [0.15, 0.2) is 48.5 Å². The molecule has 4 heteroatoms. The van der Waals surface area contributed by atoms with Gasteiger partial charge in [0.2, 0.25) is 0 Å². The molecule has 2 aromatic carbocycles. The molecule has 84 valence electrons. The minimum Gasteiger partial charge on any atom is -0.324 e. The van der Waals surface area contributed by atoms with Gasteiger partial charge in [-0.3, -0.25) is 5.84 Å². The first-order valence-electron chi connectivity index (χ1n) is 4.62. The molecule has 0 aliphatic carbocycles. The second-order valence-electron chi connectivity index (χ2n) is 3.23. The first kappa shape index (κ1) is 12.5. The average molecular weight is 239 g/mol. The lowest BCUT2D eigenvalue weighted by molar-refractivity contribution is 0.628. The summed E-state index contributed by atoms with van der Waals surface area (Å²) in [5, 5.41) is 0. The summed E-state index contributed by atoms with van der Waals surface area (Å²) in [6.07, 6.45) is 0. The Morgan fingerprint density at radius 2 is 1.62 bits per heavy atom. The van der Waals surface area contributed by atoms with E-state index in [-0.39, 0.29) is 18.2 Å². The predicted molar refractivity (Wildman–Crippen MR) is 66.9 cm³/mol. The molecule has 0 bridgehead atoms. The van der Waals surface area contributed by atoms with Gasteiger partial charge in [-0.05, 0) is 35.4 Å². The number of benzene rings is 2. The maximum atomic E-state index is 12.7. The summed E-state index contributed by atoms with van der Waals surface area (Å²) < 4.78 is 12.7. The van der Waals surface area contributed by atoms with E-state index in [1.54, 1.807) is 12.1 Å². The van der Waals surface area contributed by atoms with Gasteiger partial charge in [0.1, 0.15) is 5.82 Å². The number of hydrazine groups is 1. The maximum Gasteiger partial charge on any atom is 0.123 e. The van der Waals surface area contributed by atoms with Gasteiger partial charge in [-0.15, -0.1) is 12.4 Å². The Hall–Kier alpha value is -1.58. The summed E-state index contributed by atoms with van der Waals surface area (Å²) in [6, 6.07) is 14.0. The number of nitrogens with two attached hydrogens (primary N) is 1. The van der Waals surface area contributed by atoms with Gasteiger partial charge in [0.15, 0.2) is 0 Å². The highest BCUT2D eigenvalue weighted by molar-refractivity contribution is 5.85. The van der Waals surface area contributed by atoms with Crippen molar-refractivity contribution < 1.29 is 4.39 Å². The fourth-order valence-electron chi connectivity index (χ4n) is 1.43. The Kier molecular flexibility index (Phi) is 4.28. The second kappa shape index (κ2) is 5.49. The zero-order valence-electron chi connectivity index (χ0n) is 8.48. The molecule has 16 heavy (non-hydrogen) atoms. The molecule has 0 spiro atoms. The van der Waals surface area contributed by atoms with Gasteiger partial charge in [0.25, 0.3) is 0 Å². The van der Waals surface area contributed by atoms with E-state index in [1.165, 1.54) is 12.1 Å². The predicted octanol–water partition coefficient (Wildman–Crippen LogP) is 3.20. The Morgan fingerprint density at radius 1 is 0.938 bits per heavy atom. The van der Waals surface area contributed by atoms with E-state index >= 15 is 0 Å². The Balaban J connectivity index is 0.00000128. The van der Waals surface area contributed by atoms with Crippen LogP contribution in [0, 0.1) is 5.82 Å². The van der Waals surface area contributed by atoms with Crippen LogP contribution in [0.5, 0.6) is 0 Å². The van der Waals surface area contributed by atoms with Crippen molar-refractivity contribution in [2.45, 2.75) is 0 Å². The summed E-state index contributed by atoms with van der Waals surface area (Å²) in [5.41, 5.74) is 5.38. The van der Waals surface area contributed by atoms with Crippen molar-refractivity contribution >= 4 is 18.1 Å². The van der Waals surface area contributed by atoms with Gasteiger partial charge < -0.3 is 5.43 Å². The number of halogens is 2. The second-order valence-corrected chi connectivity index (χ2v) is 3.23. The van der Waals surface area contributed by atoms with Crippen molar-refractivity contribution in [3.05, 3.63) is 54.3 Å². The van der Waals surface area contributed by atoms with Crippen LogP contribution in [-0.4, -0.2) is 0 Å². The van der Waals surface area contributed by atoms with E-state index in [9.17, 15) is 4.39 Å². The monoisotopic (exact) mass is 238 g/mol. The Labute approximate surface area is 99.7 Å². The number of nitrogen functional groups attached to an aromatic ring is 1. The number of nitrogens with one attached hydrogen (secondary N) is 1. The van der Waals surface area contributed by atoms with Crippen molar-refractivity contribution in [1.29, 1.82) is 0 Å². The molecule has 2 rings (SSSR count). The normalized spacial score (nSPS) is 9.38. The summed E-state index contributed by atoms with van der Waals surface area (Å²) in [6.45, 7) is 0. The van der Waals surface area contributed by atoms with Crippen molar-refractivity contribution in [2.75, 3.05) is 5.43 Å². The van der Waals surface area contributed by atoms with Crippen LogP contribution in [0.4, 0.5) is 10.1 Å². The van der Waals surface area contributed by atoms with Gasteiger partial charge in [0.05, 0.1) is 0 Å². The van der Waals surface area contributed by atoms with Gasteiger partial charge in [-0.25, -0.2) is 4.39 Å². The van der Waals surface area contributed by atoms with E-state index < -0.39 is 0 Å². The number of hydrogen-bond acceptors (Lipinski definition) is 2. The SMILES string of the molecule is Cl.NNc1cccc(-c2ccc(F)cc2)c1. The fourth-order valence-corrected chi connectivity index (χ4v) is 1.43. The van der Waals surface area contributed by atoms with Crippen molar-refractivity contribution in [3.63, 3.8) is 0 Å². The minimum absolute atomic E-state index is 0. The molecule has 0 unspecified atom stereocenters. The lowest BCUT2D eigenvalue weighted by atomic mass is 10.1. The van der Waals surface area contributed by atoms with E-state index in [0.29, 0.717) is 0 Å². The van der Waals surface area contributed by atoms with E-state index in [2.05, 4.69) is 5.43 Å². The first-order chi connectivity index (χ1) is 7.29. The maximum absolute atomic E-state index is 12.7. The third-order valence-corrected chi connectivity index (χ3v) is 2.21. The Morgan fingerprint density at radius 3 is 2.25 bits per heavy atom. The molecule has 2 aromatic rings. The fraction of sp³-hybridized carbons (Fsp3) is 0. The van der Waals surface area contributed by atoms with Crippen LogP contribution in [0.1, 0.15) is 0 Å². The van der Waals surface area contributed by atoms with Crippen LogP contribution in [0.2, 0.25) is 0 Å². The lowest BCUT2D eigenvalue weighted by Gasteiger charge is -2.04. The third kappa shape index (κ3) is 2.72. The zero-order valence-corrected chi connectivity index (χ0v) is 9.30. The molecule has 0 aromatic heterocycles. The highest BCUT2D eigenvalue weighted by Crippen LogP contribution is 2.22. The molecule has 0 radical (unpaired) electrons. The van der Waals surface area contributed by atoms with Crippen LogP contribution in [0.3, 0.4) is 0 Å². The molecule has 0 aliphatic rings. The molecular formula is C12H12ClFN2. The third-order valence-electron chi connectivity index (χ3n) is 2.21. The van der Waals surface area contributed by atoms with Crippen LogP contribution < -0.4 is 11.3 Å². The lowest BCUT2D eigenvalue weighted by Crippen LogP contribution is -2.06. The van der Waals surface area contributed by atoms with Gasteiger partial charge >= 0.3 is 0 Å². The molecule has 0 heterocycles. The van der Waals surface area contributed by atoms with Crippen molar-refractivity contribution in [1.82, 2.24) is 0 Å². The number of anilines is 1. The summed E-state index contributed by atoms with van der Waals surface area (Å²) in [5.74, 6) is 5.08. The zero-order chi connectivity index (χ0) is 10.7. The van der Waals surface area contributed by atoms with Crippen LogP contribution >= 0.6 is 12.4 Å². The number of rotatable bonds is 2. The molecule has 3 N–H and O–H groups in total. The van der Waals surface area contributed by atoms with Gasteiger partial charge in [-0.1, -0.05) is 24.3 Å². The quantitative estimate of drug-likeness (QED) is 0.623. The van der Waals surface area contributed by atoms with Gasteiger partial charge in [-0.2, -0.15) is 0 Å². The summed E-state index contributed by atoms with van der Waals surface area (Å²) in [7, 11) is 0. The molecule has 0 aliphatic heterocycles. The highest BCUT2D eigenvalue weighted by atomic mass is 35.5. The standard InChI is InChI=1S/C12H11FN2.ClH/c13-11-6-4-9(5-7-11)10-2-1-3-12(8-10)15-14;/h1-8,15H,14H2;1H. The molecule has 0 saturated carbocycles. The molecular weight excluding hydrogens is 227 g/mol. The van der Waals surface area contributed by atoms with Crippen LogP contribution in [-0.2, 0) is 0 Å². The van der Waals surface area contributed by atoms with E-state index in [0.717, 1.165) is 16.8 Å². The smallest absolute Gasteiger partial charge is 0.123 e. The van der Waals surface area contributed by atoms with Crippen molar-refractivity contribution in [2.24, 2.45) is 5.84 Å².